The van der Waals surface area contributed by atoms with Crippen molar-refractivity contribution in [2.45, 2.75) is 6.18 Å². The fourth-order valence-corrected chi connectivity index (χ4v) is 1.47. The topological polar surface area (TPSA) is 13.1 Å². The van der Waals surface area contributed by atoms with Crippen molar-refractivity contribution in [3.63, 3.8) is 0 Å². The highest BCUT2D eigenvalue weighted by molar-refractivity contribution is 6.35. The number of hydrogen-bond donors (Lipinski definition) is 0. The summed E-state index contributed by atoms with van der Waals surface area (Å²) in [4.78, 5) is 0. The summed E-state index contributed by atoms with van der Waals surface area (Å²) in [5.74, 6) is 0. The van der Waals surface area contributed by atoms with E-state index in [4.69, 9.17) is 16.0 Å². The summed E-state index contributed by atoms with van der Waals surface area (Å²) in [7, 11) is 0. The molecule has 0 aliphatic carbocycles. The Morgan fingerprint density at radius 1 is 1.14 bits per heavy atom. The van der Waals surface area contributed by atoms with Gasteiger partial charge in [0.25, 0.3) is 0 Å². The van der Waals surface area contributed by atoms with Crippen LogP contribution in [0.5, 0.6) is 0 Å². The van der Waals surface area contributed by atoms with Crippen LogP contribution in [0, 0.1) is 0 Å². The number of furan rings is 1. The Morgan fingerprint density at radius 2 is 1.86 bits per heavy atom. The summed E-state index contributed by atoms with van der Waals surface area (Å²) in [5.41, 5.74) is -0.767. The maximum Gasteiger partial charge on any atom is 0.416 e. The third-order valence-electron chi connectivity index (χ3n) is 1.87. The maximum atomic E-state index is 12.3. The van der Waals surface area contributed by atoms with Gasteiger partial charge in [-0.2, -0.15) is 13.2 Å². The number of benzene rings is 1. The number of fused-ring (bicyclic) bond motifs is 1. The van der Waals surface area contributed by atoms with Crippen LogP contribution >= 0.6 is 11.6 Å². The fourth-order valence-electron chi connectivity index (χ4n) is 1.20. The first-order valence-electron chi connectivity index (χ1n) is 3.71. The van der Waals surface area contributed by atoms with Gasteiger partial charge in [0.15, 0.2) is 0 Å². The molecule has 0 fully saturated rings. The zero-order chi connectivity index (χ0) is 10.3. The van der Waals surface area contributed by atoms with E-state index >= 15 is 0 Å². The van der Waals surface area contributed by atoms with Gasteiger partial charge in [0.05, 0.1) is 23.1 Å². The van der Waals surface area contributed by atoms with E-state index in [-0.39, 0.29) is 5.02 Å². The van der Waals surface area contributed by atoms with Gasteiger partial charge in [-0.15, -0.1) is 0 Å². The van der Waals surface area contributed by atoms with Crippen molar-refractivity contribution in [3.8, 4) is 0 Å². The minimum absolute atomic E-state index is 0.0450. The molecule has 2 rings (SSSR count). The highest BCUT2D eigenvalue weighted by atomic mass is 35.5. The van der Waals surface area contributed by atoms with Crippen LogP contribution in [-0.2, 0) is 6.18 Å². The first-order chi connectivity index (χ1) is 6.48. The summed E-state index contributed by atoms with van der Waals surface area (Å²) < 4.78 is 41.7. The van der Waals surface area contributed by atoms with E-state index in [0.717, 1.165) is 12.1 Å². The molecule has 1 aromatic carbocycles. The second-order valence-corrected chi connectivity index (χ2v) is 3.24. The fraction of sp³-hybridized carbons (Fsp3) is 0.111. The first-order valence-corrected chi connectivity index (χ1v) is 4.09. The van der Waals surface area contributed by atoms with Gasteiger partial charge in [-0.1, -0.05) is 11.6 Å². The molecule has 74 valence electrons. The van der Waals surface area contributed by atoms with Gasteiger partial charge >= 0.3 is 6.18 Å². The van der Waals surface area contributed by atoms with Crippen LogP contribution in [0.15, 0.2) is 29.1 Å². The van der Waals surface area contributed by atoms with Gasteiger partial charge in [0, 0.05) is 10.8 Å². The molecule has 0 N–H and O–H groups in total. The highest BCUT2D eigenvalue weighted by Crippen LogP contribution is 2.35. The average molecular weight is 221 g/mol. The molecule has 5 heteroatoms. The van der Waals surface area contributed by atoms with E-state index in [1.807, 2.05) is 0 Å². The third kappa shape index (κ3) is 1.46. The smallest absolute Gasteiger partial charge is 0.416 e. The number of halogens is 4. The van der Waals surface area contributed by atoms with Crippen LogP contribution in [0.1, 0.15) is 5.56 Å². The lowest BCUT2D eigenvalue weighted by Gasteiger charge is -2.06. The monoisotopic (exact) mass is 220 g/mol. The molecule has 0 spiro atoms. The van der Waals surface area contributed by atoms with E-state index in [1.165, 1.54) is 12.5 Å². The summed E-state index contributed by atoms with van der Waals surface area (Å²) in [6.07, 6.45) is -1.83. The van der Waals surface area contributed by atoms with E-state index < -0.39 is 11.7 Å². The molecule has 0 saturated heterocycles. The molecule has 0 atom stereocenters. The van der Waals surface area contributed by atoms with E-state index in [2.05, 4.69) is 0 Å². The molecule has 14 heavy (non-hydrogen) atoms. The molecular weight excluding hydrogens is 217 g/mol. The van der Waals surface area contributed by atoms with Crippen molar-refractivity contribution >= 4 is 22.4 Å². The average Bonchev–Trinajstić information content (AvgIpc) is 2.50. The molecule has 0 aliphatic heterocycles. The molecule has 0 aliphatic rings. The lowest BCUT2D eigenvalue weighted by atomic mass is 10.1. The number of alkyl halides is 3. The van der Waals surface area contributed by atoms with Crippen molar-refractivity contribution in [2.75, 3.05) is 0 Å². The van der Waals surface area contributed by atoms with E-state index in [0.29, 0.717) is 10.8 Å². The molecule has 2 aromatic rings. The van der Waals surface area contributed by atoms with Gasteiger partial charge in [-0.3, -0.25) is 0 Å². The Balaban J connectivity index is 2.70. The van der Waals surface area contributed by atoms with E-state index in [9.17, 15) is 13.2 Å². The minimum atomic E-state index is -4.38. The first kappa shape index (κ1) is 9.40. The molecule has 1 aromatic heterocycles. The lowest BCUT2D eigenvalue weighted by molar-refractivity contribution is -0.137. The van der Waals surface area contributed by atoms with Crippen molar-refractivity contribution < 1.29 is 17.6 Å². The van der Waals surface area contributed by atoms with Crippen molar-refractivity contribution in [3.05, 3.63) is 35.2 Å². The Bertz CT molecular complexity index is 472. The van der Waals surface area contributed by atoms with Gasteiger partial charge in [-0.05, 0) is 12.1 Å². The predicted molar refractivity (Wildman–Crippen MR) is 46.2 cm³/mol. The zero-order valence-corrected chi connectivity index (χ0v) is 7.49. The molecule has 1 heterocycles. The van der Waals surface area contributed by atoms with Crippen molar-refractivity contribution in [1.82, 2.24) is 0 Å². The van der Waals surface area contributed by atoms with Gasteiger partial charge in [0.1, 0.15) is 0 Å². The normalized spacial score (nSPS) is 12.3. The van der Waals surface area contributed by atoms with Crippen LogP contribution in [0.25, 0.3) is 10.8 Å². The standard InChI is InChI=1S/C9H4ClF3O/c10-8-2-6(9(11,12)13)1-5-3-14-4-7(5)8/h1-4H. The second kappa shape index (κ2) is 2.92. The minimum Gasteiger partial charge on any atom is -0.471 e. The molecule has 0 bridgehead atoms. The predicted octanol–water partition coefficient (Wildman–Crippen LogP) is 4.11. The summed E-state index contributed by atoms with van der Waals surface area (Å²) in [6.45, 7) is 0. The Kier molecular flexibility index (Phi) is 1.96. The number of hydrogen-bond acceptors (Lipinski definition) is 1. The van der Waals surface area contributed by atoms with Crippen LogP contribution in [0.4, 0.5) is 13.2 Å². The van der Waals surface area contributed by atoms with Gasteiger partial charge in [0.2, 0.25) is 0 Å². The molecule has 0 unspecified atom stereocenters. The summed E-state index contributed by atoms with van der Waals surface area (Å²) in [6, 6.07) is 1.89. The van der Waals surface area contributed by atoms with Crippen molar-refractivity contribution in [2.24, 2.45) is 0 Å². The highest BCUT2D eigenvalue weighted by Gasteiger charge is 2.31. The maximum absolute atomic E-state index is 12.3. The molecule has 0 radical (unpaired) electrons. The summed E-state index contributed by atoms with van der Waals surface area (Å²) in [5, 5.41) is 0.882. The quantitative estimate of drug-likeness (QED) is 0.651. The largest absolute Gasteiger partial charge is 0.471 e. The Morgan fingerprint density at radius 3 is 2.50 bits per heavy atom. The molecule has 0 saturated carbocycles. The molecule has 1 nitrogen and oxygen atoms in total. The van der Waals surface area contributed by atoms with Crippen LogP contribution in [-0.4, -0.2) is 0 Å². The zero-order valence-electron chi connectivity index (χ0n) is 6.73. The van der Waals surface area contributed by atoms with Crippen LogP contribution in [0.2, 0.25) is 5.02 Å². The lowest BCUT2D eigenvalue weighted by Crippen LogP contribution is -2.04. The number of rotatable bonds is 0. The Labute approximate surface area is 82.1 Å². The van der Waals surface area contributed by atoms with Gasteiger partial charge in [-0.25, -0.2) is 0 Å². The van der Waals surface area contributed by atoms with Crippen molar-refractivity contribution in [1.29, 1.82) is 0 Å². The SMILES string of the molecule is FC(F)(F)c1cc(Cl)c2cocc2c1. The third-order valence-corrected chi connectivity index (χ3v) is 2.18. The van der Waals surface area contributed by atoms with Gasteiger partial charge < -0.3 is 4.42 Å². The molecular formula is C9H4ClF3O. The molecule has 0 amide bonds. The van der Waals surface area contributed by atoms with Crippen LogP contribution < -0.4 is 0 Å². The second-order valence-electron chi connectivity index (χ2n) is 2.83. The van der Waals surface area contributed by atoms with E-state index in [1.54, 1.807) is 0 Å². The Hall–Kier alpha value is -1.16. The summed E-state index contributed by atoms with van der Waals surface area (Å²) >= 11 is 5.65. The van der Waals surface area contributed by atoms with Crippen LogP contribution in [0.3, 0.4) is 0 Å².